The van der Waals surface area contributed by atoms with Crippen LogP contribution in [0.15, 0.2) is 60.0 Å². The molecule has 10 heteroatoms. The normalized spacial score (nSPS) is 11.7. The van der Waals surface area contributed by atoms with Crippen molar-refractivity contribution in [1.29, 1.82) is 0 Å². The number of rotatable bonds is 3. The quantitative estimate of drug-likeness (QED) is 0.301. The lowest BCUT2D eigenvalue weighted by Crippen LogP contribution is -3.61. The third kappa shape index (κ3) is 6.37. The molecule has 0 spiro atoms. The summed E-state index contributed by atoms with van der Waals surface area (Å²) in [7, 11) is -6.09. The minimum atomic E-state index is -6.09. The van der Waals surface area contributed by atoms with Crippen LogP contribution in [-0.2, 0) is 10.1 Å². The van der Waals surface area contributed by atoms with Gasteiger partial charge in [0.2, 0.25) is 2.88 Å². The zero-order valence-electron chi connectivity index (χ0n) is 12.2. The Morgan fingerprint density at radius 2 is 1.56 bits per heavy atom. The van der Waals surface area contributed by atoms with E-state index in [9.17, 15) is 13.2 Å². The van der Waals surface area contributed by atoms with Crippen molar-refractivity contribution in [2.75, 3.05) is 0 Å². The SMILES string of the molecule is O=S(=O)([O-])C(F)(F)F.c1ccc([I+]c2ccc(-c3cccs3)s2)cc1. The third-order valence-corrected chi connectivity index (χ3v) is 8.47. The fraction of sp³-hybridized carbons (Fsp3) is 0.0667. The van der Waals surface area contributed by atoms with Gasteiger partial charge in [-0.15, -0.1) is 11.3 Å². The summed E-state index contributed by atoms with van der Waals surface area (Å²) in [5.74, 6) is 0. The molecule has 0 saturated carbocycles. The zero-order chi connectivity index (χ0) is 18.5. The van der Waals surface area contributed by atoms with Crippen LogP contribution < -0.4 is 21.2 Å². The summed E-state index contributed by atoms with van der Waals surface area (Å²) in [5.41, 5.74) is -5.65. The first-order chi connectivity index (χ1) is 11.7. The molecule has 0 aliphatic carbocycles. The van der Waals surface area contributed by atoms with Gasteiger partial charge in [0.25, 0.3) is 0 Å². The van der Waals surface area contributed by atoms with E-state index in [0.29, 0.717) is 0 Å². The van der Waals surface area contributed by atoms with E-state index < -0.39 is 15.6 Å². The molecule has 0 radical (unpaired) electrons. The molecule has 0 amide bonds. The molecule has 3 nitrogen and oxygen atoms in total. The Kier molecular flexibility index (Phi) is 7.02. The highest BCUT2D eigenvalue weighted by Gasteiger charge is 2.36. The van der Waals surface area contributed by atoms with Crippen molar-refractivity contribution in [2.45, 2.75) is 5.51 Å². The third-order valence-electron chi connectivity index (χ3n) is 2.56. The van der Waals surface area contributed by atoms with Gasteiger partial charge >= 0.3 is 26.7 Å². The van der Waals surface area contributed by atoms with E-state index >= 15 is 0 Å². The van der Waals surface area contributed by atoms with Crippen molar-refractivity contribution in [3.05, 3.63) is 66.4 Å². The summed E-state index contributed by atoms with van der Waals surface area (Å²) in [6.45, 7) is 0. The molecule has 3 aromatic rings. The Labute approximate surface area is 161 Å². The molecule has 1 aromatic carbocycles. The second kappa shape index (κ2) is 8.62. The Bertz CT molecular complexity index is 889. The molecular formula is C15H10F3IO3S3. The van der Waals surface area contributed by atoms with Crippen molar-refractivity contribution in [2.24, 2.45) is 0 Å². The van der Waals surface area contributed by atoms with Gasteiger partial charge in [0, 0.05) is 15.8 Å². The van der Waals surface area contributed by atoms with Gasteiger partial charge in [0.05, 0.1) is 0 Å². The van der Waals surface area contributed by atoms with Gasteiger partial charge in [0.15, 0.2) is 13.7 Å². The summed E-state index contributed by atoms with van der Waals surface area (Å²) >= 11 is 3.76. The molecule has 2 heterocycles. The van der Waals surface area contributed by atoms with Gasteiger partial charge in [-0.3, -0.25) is 0 Å². The molecule has 0 aliphatic rings. The second-order valence-electron chi connectivity index (χ2n) is 4.37. The summed E-state index contributed by atoms with van der Waals surface area (Å²) in [5, 5.41) is 2.14. The van der Waals surface area contributed by atoms with Crippen molar-refractivity contribution < 1.29 is 47.3 Å². The largest absolute Gasteiger partial charge is 0.741 e. The zero-order valence-corrected chi connectivity index (χ0v) is 16.8. The lowest BCUT2D eigenvalue weighted by molar-refractivity contribution is -0.591. The smallest absolute Gasteiger partial charge is 0.485 e. The lowest BCUT2D eigenvalue weighted by atomic mass is 10.4. The average molecular weight is 518 g/mol. The van der Waals surface area contributed by atoms with Crippen LogP contribution in [0.5, 0.6) is 0 Å². The molecule has 0 unspecified atom stereocenters. The molecule has 3 rings (SSSR count). The van der Waals surface area contributed by atoms with Crippen molar-refractivity contribution in [1.82, 2.24) is 0 Å². The van der Waals surface area contributed by atoms with E-state index in [2.05, 4.69) is 60.0 Å². The molecule has 0 atom stereocenters. The summed E-state index contributed by atoms with van der Waals surface area (Å²) in [6.07, 6.45) is 0. The first-order valence-electron chi connectivity index (χ1n) is 6.52. The van der Waals surface area contributed by atoms with Crippen LogP contribution in [0.25, 0.3) is 9.75 Å². The number of hydrogen-bond donors (Lipinski definition) is 0. The van der Waals surface area contributed by atoms with Crippen LogP contribution in [0.2, 0.25) is 0 Å². The highest BCUT2D eigenvalue weighted by molar-refractivity contribution is 7.86. The molecule has 2 aromatic heterocycles. The molecule has 134 valence electrons. The monoisotopic (exact) mass is 518 g/mol. The van der Waals surface area contributed by atoms with Gasteiger partial charge < -0.3 is 4.55 Å². The van der Waals surface area contributed by atoms with Crippen molar-refractivity contribution >= 4 is 32.8 Å². The van der Waals surface area contributed by atoms with Crippen LogP contribution in [0, 0.1) is 6.45 Å². The van der Waals surface area contributed by atoms with Crippen molar-refractivity contribution in [3.8, 4) is 9.75 Å². The maximum atomic E-state index is 10.7. The number of alkyl halides is 3. The Morgan fingerprint density at radius 3 is 2.08 bits per heavy atom. The number of halogens is 4. The van der Waals surface area contributed by atoms with E-state index in [4.69, 9.17) is 13.0 Å². The number of hydrogen-bond acceptors (Lipinski definition) is 5. The van der Waals surface area contributed by atoms with E-state index in [1.807, 2.05) is 22.7 Å². The topological polar surface area (TPSA) is 57.2 Å². The maximum absolute atomic E-state index is 10.7. The predicted octanol–water partition coefficient (Wildman–Crippen LogP) is 1.66. The summed E-state index contributed by atoms with van der Waals surface area (Å²) in [6, 6.07) is 19.7. The van der Waals surface area contributed by atoms with Gasteiger partial charge in [0.1, 0.15) is 0 Å². The van der Waals surface area contributed by atoms with Gasteiger partial charge in [-0.25, -0.2) is 8.42 Å². The first kappa shape index (κ1) is 20.4. The molecule has 0 bridgehead atoms. The fourth-order valence-electron chi connectivity index (χ4n) is 1.50. The maximum Gasteiger partial charge on any atom is 0.485 e. The van der Waals surface area contributed by atoms with Gasteiger partial charge in [-0.05, 0) is 29.6 Å². The predicted molar refractivity (Wildman–Crippen MR) is 87.2 cm³/mol. The summed E-state index contributed by atoms with van der Waals surface area (Å²) in [4.78, 5) is 2.80. The van der Waals surface area contributed by atoms with E-state index in [1.165, 1.54) is 13.3 Å². The molecule has 0 aliphatic heterocycles. The highest BCUT2D eigenvalue weighted by atomic mass is 127. The Hall–Kier alpha value is -0.950. The lowest BCUT2D eigenvalue weighted by Gasteiger charge is -2.08. The second-order valence-corrected chi connectivity index (χ2v) is 11.5. The van der Waals surface area contributed by atoms with Crippen LogP contribution in [0.3, 0.4) is 0 Å². The number of benzene rings is 1. The van der Waals surface area contributed by atoms with Gasteiger partial charge in [-0.1, -0.05) is 35.6 Å². The van der Waals surface area contributed by atoms with Crippen LogP contribution in [-0.4, -0.2) is 18.5 Å². The average Bonchev–Trinajstić information content (AvgIpc) is 3.17. The fourth-order valence-corrected chi connectivity index (χ4v) is 6.49. The Morgan fingerprint density at radius 1 is 0.920 bits per heavy atom. The standard InChI is InChI=1S/C14H10IS2.CHF3O3S/c1-2-5-11(6-3-1)15-14-9-8-13(17-14)12-7-4-10-16-12;2-1(3,4)8(5,6)7/h1-10H;(H,5,6,7)/q+1;/p-1. The van der Waals surface area contributed by atoms with Gasteiger partial charge in [-0.2, -0.15) is 13.2 Å². The van der Waals surface area contributed by atoms with E-state index in [1.54, 1.807) is 2.88 Å². The van der Waals surface area contributed by atoms with Crippen LogP contribution in [0.4, 0.5) is 13.2 Å². The highest BCUT2D eigenvalue weighted by Crippen LogP contribution is 2.28. The molecule has 25 heavy (non-hydrogen) atoms. The Balaban J connectivity index is 0.000000242. The molecule has 0 N–H and O–H groups in total. The molecule has 0 saturated heterocycles. The summed E-state index contributed by atoms with van der Waals surface area (Å²) < 4.78 is 61.9. The van der Waals surface area contributed by atoms with Crippen LogP contribution in [0.1, 0.15) is 0 Å². The minimum absolute atomic E-state index is 0.00459. The molecule has 0 fully saturated rings. The van der Waals surface area contributed by atoms with Crippen LogP contribution >= 0.6 is 22.7 Å². The molecular weight excluding hydrogens is 508 g/mol. The minimum Gasteiger partial charge on any atom is -0.741 e. The van der Waals surface area contributed by atoms with E-state index in [-0.39, 0.29) is 21.2 Å². The van der Waals surface area contributed by atoms with Crippen molar-refractivity contribution in [3.63, 3.8) is 0 Å². The van der Waals surface area contributed by atoms with E-state index in [0.717, 1.165) is 0 Å². The number of thiophene rings is 2. The first-order valence-corrected chi connectivity index (χ1v) is 11.8.